The second-order valence-corrected chi connectivity index (χ2v) is 4.70. The number of amides is 2. The van der Waals surface area contributed by atoms with E-state index in [1.54, 1.807) is 12.1 Å². The molecule has 18 heavy (non-hydrogen) atoms. The maximum absolute atomic E-state index is 12.0. The molecule has 1 aliphatic heterocycles. The average Bonchev–Trinajstić information content (AvgIpc) is 2.82. The quantitative estimate of drug-likeness (QED) is 0.451. The van der Waals surface area contributed by atoms with Crippen LogP contribution >= 0.6 is 0 Å². The van der Waals surface area contributed by atoms with Crippen LogP contribution in [0.5, 0.6) is 0 Å². The molecule has 1 heterocycles. The summed E-state index contributed by atoms with van der Waals surface area (Å²) in [7, 11) is 0. The molecular weight excluding hydrogens is 236 g/mol. The first-order chi connectivity index (χ1) is 8.54. The lowest BCUT2D eigenvalue weighted by Crippen LogP contribution is -2.33. The summed E-state index contributed by atoms with van der Waals surface area (Å²) in [6, 6.07) is 4.72. The molecule has 2 aliphatic rings. The van der Waals surface area contributed by atoms with Crippen LogP contribution in [0.15, 0.2) is 18.2 Å². The summed E-state index contributed by atoms with van der Waals surface area (Å²) in [6.45, 7) is 0. The highest BCUT2D eigenvalue weighted by atomic mass is 16.6. The standard InChI is InChI=1S/C12H10N2O4/c15-10-6-12(11(16)13-10)5-4-7-8(12)2-1-3-9(7)14(17)18/h1-3H,4-6H2,(H,13,15,16)/t12-/m1/s1. The van der Waals surface area contributed by atoms with Gasteiger partial charge in [-0.1, -0.05) is 12.1 Å². The van der Waals surface area contributed by atoms with Crippen LogP contribution in [-0.4, -0.2) is 16.7 Å². The van der Waals surface area contributed by atoms with E-state index >= 15 is 0 Å². The zero-order valence-electron chi connectivity index (χ0n) is 9.43. The van der Waals surface area contributed by atoms with Crippen molar-refractivity contribution in [3.05, 3.63) is 39.4 Å². The van der Waals surface area contributed by atoms with Crippen molar-refractivity contribution < 1.29 is 14.5 Å². The van der Waals surface area contributed by atoms with Gasteiger partial charge in [-0.25, -0.2) is 0 Å². The molecule has 0 unspecified atom stereocenters. The Bertz CT molecular complexity index is 596. The van der Waals surface area contributed by atoms with Gasteiger partial charge in [0.05, 0.1) is 10.3 Å². The van der Waals surface area contributed by atoms with E-state index in [9.17, 15) is 19.7 Å². The van der Waals surface area contributed by atoms with Crippen molar-refractivity contribution in [3.8, 4) is 0 Å². The third-order valence-electron chi connectivity index (χ3n) is 3.82. The predicted molar refractivity (Wildman–Crippen MR) is 60.9 cm³/mol. The lowest BCUT2D eigenvalue weighted by atomic mass is 9.80. The molecule has 92 valence electrons. The molecule has 1 fully saturated rings. The van der Waals surface area contributed by atoms with Crippen LogP contribution < -0.4 is 5.32 Å². The van der Waals surface area contributed by atoms with Gasteiger partial charge in [-0.3, -0.25) is 25.0 Å². The summed E-state index contributed by atoms with van der Waals surface area (Å²) >= 11 is 0. The van der Waals surface area contributed by atoms with Crippen molar-refractivity contribution in [2.24, 2.45) is 0 Å². The Morgan fingerprint density at radius 2 is 2.11 bits per heavy atom. The van der Waals surface area contributed by atoms with Crippen LogP contribution in [0.3, 0.4) is 0 Å². The topological polar surface area (TPSA) is 89.3 Å². The van der Waals surface area contributed by atoms with Gasteiger partial charge in [-0.05, 0) is 18.4 Å². The van der Waals surface area contributed by atoms with E-state index in [2.05, 4.69) is 5.32 Å². The zero-order chi connectivity index (χ0) is 12.9. The van der Waals surface area contributed by atoms with Crippen molar-refractivity contribution in [1.82, 2.24) is 5.32 Å². The minimum absolute atomic E-state index is 0.0384. The van der Waals surface area contributed by atoms with Crippen molar-refractivity contribution in [1.29, 1.82) is 0 Å². The number of imide groups is 1. The van der Waals surface area contributed by atoms with Gasteiger partial charge < -0.3 is 0 Å². The molecule has 1 saturated heterocycles. The van der Waals surface area contributed by atoms with Crippen LogP contribution in [0.4, 0.5) is 5.69 Å². The van der Waals surface area contributed by atoms with Crippen LogP contribution in [0, 0.1) is 10.1 Å². The summed E-state index contributed by atoms with van der Waals surface area (Å²) in [6.07, 6.45) is 1.03. The van der Waals surface area contributed by atoms with Crippen molar-refractivity contribution >= 4 is 17.5 Å². The van der Waals surface area contributed by atoms with Crippen molar-refractivity contribution in [2.75, 3.05) is 0 Å². The van der Waals surface area contributed by atoms with Crippen LogP contribution in [-0.2, 0) is 21.4 Å². The monoisotopic (exact) mass is 246 g/mol. The Morgan fingerprint density at radius 1 is 1.33 bits per heavy atom. The Morgan fingerprint density at radius 3 is 2.72 bits per heavy atom. The second-order valence-electron chi connectivity index (χ2n) is 4.70. The van der Waals surface area contributed by atoms with Gasteiger partial charge in [0, 0.05) is 18.1 Å². The summed E-state index contributed by atoms with van der Waals surface area (Å²) < 4.78 is 0. The molecule has 3 rings (SSSR count). The van der Waals surface area contributed by atoms with E-state index in [4.69, 9.17) is 0 Å². The molecule has 0 bridgehead atoms. The van der Waals surface area contributed by atoms with Gasteiger partial charge in [0.25, 0.3) is 5.69 Å². The van der Waals surface area contributed by atoms with Gasteiger partial charge in [-0.15, -0.1) is 0 Å². The highest BCUT2D eigenvalue weighted by Crippen LogP contribution is 2.46. The van der Waals surface area contributed by atoms with E-state index in [1.807, 2.05) is 0 Å². The second kappa shape index (κ2) is 3.38. The minimum Gasteiger partial charge on any atom is -0.296 e. The van der Waals surface area contributed by atoms with Crippen LogP contribution in [0.25, 0.3) is 0 Å². The third-order valence-corrected chi connectivity index (χ3v) is 3.82. The maximum Gasteiger partial charge on any atom is 0.272 e. The van der Waals surface area contributed by atoms with Crippen molar-refractivity contribution in [3.63, 3.8) is 0 Å². The fourth-order valence-corrected chi connectivity index (χ4v) is 2.99. The molecule has 2 amide bonds. The first-order valence-electron chi connectivity index (χ1n) is 5.66. The van der Waals surface area contributed by atoms with E-state index < -0.39 is 10.3 Å². The lowest BCUT2D eigenvalue weighted by molar-refractivity contribution is -0.385. The molecule has 1 aliphatic carbocycles. The molecule has 0 radical (unpaired) electrons. The van der Waals surface area contributed by atoms with Gasteiger partial charge >= 0.3 is 0 Å². The summed E-state index contributed by atoms with van der Waals surface area (Å²) in [4.78, 5) is 33.8. The Kier molecular flexibility index (Phi) is 2.04. The zero-order valence-corrected chi connectivity index (χ0v) is 9.43. The number of carbonyl (C=O) groups excluding carboxylic acids is 2. The highest BCUT2D eigenvalue weighted by Gasteiger charge is 2.52. The SMILES string of the molecule is O=C1C[C@@]2(CCc3c([N+](=O)[O-])cccc32)C(=O)N1. The number of hydrogen-bond donors (Lipinski definition) is 1. The van der Waals surface area contributed by atoms with E-state index in [0.717, 1.165) is 0 Å². The molecule has 1 aromatic rings. The fraction of sp³-hybridized carbons (Fsp3) is 0.333. The molecule has 0 saturated carbocycles. The third kappa shape index (κ3) is 1.23. The Labute approximate surface area is 102 Å². The number of rotatable bonds is 1. The van der Waals surface area contributed by atoms with Crippen LogP contribution in [0.1, 0.15) is 24.0 Å². The Balaban J connectivity index is 2.19. The number of fused-ring (bicyclic) bond motifs is 2. The van der Waals surface area contributed by atoms with Crippen molar-refractivity contribution in [2.45, 2.75) is 24.7 Å². The van der Waals surface area contributed by atoms with Gasteiger partial charge in [-0.2, -0.15) is 0 Å². The summed E-state index contributed by atoms with van der Waals surface area (Å²) in [5.74, 6) is -0.633. The number of hydrogen-bond acceptors (Lipinski definition) is 4. The first-order valence-corrected chi connectivity index (χ1v) is 5.66. The molecule has 6 nitrogen and oxygen atoms in total. The van der Waals surface area contributed by atoms with Gasteiger partial charge in [0.2, 0.25) is 11.8 Å². The lowest BCUT2D eigenvalue weighted by Gasteiger charge is -2.19. The van der Waals surface area contributed by atoms with Gasteiger partial charge in [0.1, 0.15) is 0 Å². The molecule has 1 atom stereocenters. The number of nitrogens with zero attached hydrogens (tertiary/aromatic N) is 1. The normalized spacial score (nSPS) is 25.3. The summed E-state index contributed by atoms with van der Waals surface area (Å²) in [5, 5.41) is 13.2. The van der Waals surface area contributed by atoms with E-state index in [0.29, 0.717) is 24.0 Å². The highest BCUT2D eigenvalue weighted by molar-refractivity contribution is 6.09. The molecular formula is C12H10N2O4. The largest absolute Gasteiger partial charge is 0.296 e. The van der Waals surface area contributed by atoms with Gasteiger partial charge in [0.15, 0.2) is 0 Å². The van der Waals surface area contributed by atoms with E-state index in [1.165, 1.54) is 6.07 Å². The first kappa shape index (κ1) is 10.9. The molecule has 1 aromatic carbocycles. The predicted octanol–water partition coefficient (Wildman–Crippen LogP) is 0.825. The number of benzene rings is 1. The minimum atomic E-state index is -0.877. The molecule has 0 aromatic heterocycles. The number of carbonyl (C=O) groups is 2. The maximum atomic E-state index is 12.0. The number of nitro groups is 1. The van der Waals surface area contributed by atoms with E-state index in [-0.39, 0.29) is 23.9 Å². The van der Waals surface area contributed by atoms with Crippen LogP contribution in [0.2, 0.25) is 0 Å². The molecule has 6 heteroatoms. The molecule has 1 spiro atoms. The smallest absolute Gasteiger partial charge is 0.272 e. The molecule has 1 N–H and O–H groups in total. The summed E-state index contributed by atoms with van der Waals surface area (Å²) in [5.41, 5.74) is 0.391. The fourth-order valence-electron chi connectivity index (χ4n) is 2.99. The average molecular weight is 246 g/mol. The number of nitrogens with one attached hydrogen (secondary N) is 1. The number of nitro benzene ring substituents is 1. The Hall–Kier alpha value is -2.24.